The molecule has 0 spiro atoms. The Kier molecular flexibility index (Phi) is 7.45. The number of carbonyl (C=O) groups is 1. The Hall–Kier alpha value is -1.85. The van der Waals surface area contributed by atoms with Crippen molar-refractivity contribution < 1.29 is 4.79 Å². The molecule has 0 saturated carbocycles. The number of benzene rings is 1. The summed E-state index contributed by atoms with van der Waals surface area (Å²) in [6.45, 7) is 9.71. The van der Waals surface area contributed by atoms with Crippen LogP contribution in [-0.2, 0) is 17.8 Å². The third-order valence-corrected chi connectivity index (χ3v) is 5.13. The van der Waals surface area contributed by atoms with Gasteiger partial charge in [-0.3, -0.25) is 9.48 Å². The summed E-state index contributed by atoms with van der Waals surface area (Å²) in [6.07, 6.45) is 0.346. The average Bonchev–Trinajstić information content (AvgIpc) is 2.83. The van der Waals surface area contributed by atoms with Gasteiger partial charge in [0.2, 0.25) is 5.91 Å². The molecule has 0 unspecified atom stereocenters. The van der Waals surface area contributed by atoms with Crippen molar-refractivity contribution in [2.24, 2.45) is 5.92 Å². The van der Waals surface area contributed by atoms with Crippen LogP contribution < -0.4 is 5.32 Å². The lowest BCUT2D eigenvalue weighted by Gasteiger charge is -2.26. The van der Waals surface area contributed by atoms with E-state index in [2.05, 4.69) is 29.2 Å². The van der Waals surface area contributed by atoms with E-state index in [1.54, 1.807) is 0 Å². The number of aromatic nitrogens is 2. The van der Waals surface area contributed by atoms with E-state index < -0.39 is 0 Å². The number of aryl methyl sites for hydroxylation is 1. The second kappa shape index (κ2) is 9.38. The van der Waals surface area contributed by atoms with E-state index in [1.165, 1.54) is 0 Å². The van der Waals surface area contributed by atoms with Crippen LogP contribution in [0.1, 0.15) is 42.4 Å². The minimum absolute atomic E-state index is 0.00389. The standard InChI is InChI=1S/C21H31ClN4O/c1-14(2)13-26-16(4)18(15(3)24-26)11-21(27)23-12-20(25(5)6)17-9-7-8-10-19(17)22/h7-10,14,20H,11-13H2,1-6H3,(H,23,27)/t20-/m0/s1. The first-order valence-corrected chi connectivity index (χ1v) is 9.79. The van der Waals surface area contributed by atoms with Crippen LogP contribution in [0.15, 0.2) is 24.3 Å². The van der Waals surface area contributed by atoms with Crippen LogP contribution in [0.5, 0.6) is 0 Å². The van der Waals surface area contributed by atoms with E-state index in [4.69, 9.17) is 11.6 Å². The number of rotatable bonds is 8. The van der Waals surface area contributed by atoms with Crippen molar-refractivity contribution in [1.82, 2.24) is 20.0 Å². The fourth-order valence-electron chi connectivity index (χ4n) is 3.26. The highest BCUT2D eigenvalue weighted by molar-refractivity contribution is 6.31. The minimum atomic E-state index is 0.00389. The molecule has 27 heavy (non-hydrogen) atoms. The van der Waals surface area contributed by atoms with Gasteiger partial charge in [-0.25, -0.2) is 0 Å². The predicted octanol–water partition coefficient (Wildman–Crippen LogP) is 3.77. The number of carbonyl (C=O) groups excluding carboxylic acids is 1. The molecule has 2 aromatic rings. The lowest BCUT2D eigenvalue weighted by atomic mass is 10.1. The van der Waals surface area contributed by atoms with Crippen LogP contribution in [0, 0.1) is 19.8 Å². The summed E-state index contributed by atoms with van der Waals surface area (Å²) in [5, 5.41) is 8.38. The molecular weight excluding hydrogens is 360 g/mol. The first kappa shape index (κ1) is 21.5. The van der Waals surface area contributed by atoms with Crippen LogP contribution >= 0.6 is 11.6 Å². The van der Waals surface area contributed by atoms with Gasteiger partial charge in [-0.05, 0) is 45.5 Å². The zero-order valence-corrected chi connectivity index (χ0v) is 18.0. The van der Waals surface area contributed by atoms with Crippen molar-refractivity contribution in [2.75, 3.05) is 20.6 Å². The highest BCUT2D eigenvalue weighted by Gasteiger charge is 2.19. The Balaban J connectivity index is 2.05. The summed E-state index contributed by atoms with van der Waals surface area (Å²) in [5.41, 5.74) is 4.04. The van der Waals surface area contributed by atoms with Crippen molar-refractivity contribution in [2.45, 2.75) is 46.7 Å². The van der Waals surface area contributed by atoms with E-state index in [0.29, 0.717) is 23.9 Å². The molecule has 6 heteroatoms. The smallest absolute Gasteiger partial charge is 0.224 e. The van der Waals surface area contributed by atoms with Crippen LogP contribution in [0.4, 0.5) is 0 Å². The highest BCUT2D eigenvalue weighted by atomic mass is 35.5. The predicted molar refractivity (Wildman–Crippen MR) is 111 cm³/mol. The van der Waals surface area contributed by atoms with Crippen molar-refractivity contribution in [1.29, 1.82) is 0 Å². The number of likely N-dealkylation sites (N-methyl/N-ethyl adjacent to an activating group) is 1. The molecule has 1 aromatic carbocycles. The zero-order chi connectivity index (χ0) is 20.1. The number of hydrogen-bond acceptors (Lipinski definition) is 3. The molecule has 0 bridgehead atoms. The highest BCUT2D eigenvalue weighted by Crippen LogP contribution is 2.25. The lowest BCUT2D eigenvalue weighted by Crippen LogP contribution is -2.35. The summed E-state index contributed by atoms with van der Waals surface area (Å²) >= 11 is 6.34. The topological polar surface area (TPSA) is 50.2 Å². The second-order valence-corrected chi connectivity index (χ2v) is 8.11. The number of nitrogens with one attached hydrogen (secondary N) is 1. The number of amides is 1. The van der Waals surface area contributed by atoms with Gasteiger partial charge in [-0.15, -0.1) is 0 Å². The van der Waals surface area contributed by atoms with Gasteiger partial charge >= 0.3 is 0 Å². The van der Waals surface area contributed by atoms with Crippen molar-refractivity contribution in [3.8, 4) is 0 Å². The summed E-state index contributed by atoms with van der Waals surface area (Å²) in [4.78, 5) is 14.7. The van der Waals surface area contributed by atoms with Gasteiger partial charge in [-0.2, -0.15) is 5.10 Å². The maximum atomic E-state index is 12.6. The quantitative estimate of drug-likeness (QED) is 0.746. The third-order valence-electron chi connectivity index (χ3n) is 4.79. The summed E-state index contributed by atoms with van der Waals surface area (Å²) in [6, 6.07) is 7.79. The Morgan fingerprint density at radius 1 is 1.26 bits per heavy atom. The summed E-state index contributed by atoms with van der Waals surface area (Å²) in [7, 11) is 3.98. The molecule has 1 heterocycles. The maximum absolute atomic E-state index is 12.6. The minimum Gasteiger partial charge on any atom is -0.354 e. The van der Waals surface area contributed by atoms with Crippen LogP contribution in [-0.4, -0.2) is 41.2 Å². The first-order valence-electron chi connectivity index (χ1n) is 9.41. The van der Waals surface area contributed by atoms with E-state index in [9.17, 15) is 4.79 Å². The third kappa shape index (κ3) is 5.56. The number of hydrogen-bond donors (Lipinski definition) is 1. The molecule has 5 nitrogen and oxygen atoms in total. The van der Waals surface area contributed by atoms with E-state index in [1.807, 2.05) is 56.9 Å². The van der Waals surface area contributed by atoms with Crippen LogP contribution in [0.25, 0.3) is 0 Å². The maximum Gasteiger partial charge on any atom is 0.224 e. The lowest BCUT2D eigenvalue weighted by molar-refractivity contribution is -0.120. The first-order chi connectivity index (χ1) is 12.7. The molecule has 148 valence electrons. The van der Waals surface area contributed by atoms with E-state index in [-0.39, 0.29) is 11.9 Å². The molecule has 0 aliphatic carbocycles. The fourth-order valence-corrected chi connectivity index (χ4v) is 3.52. The summed E-state index contributed by atoms with van der Waals surface area (Å²) in [5.74, 6) is 0.519. The molecule has 2 rings (SSSR count). The molecule has 0 aliphatic heterocycles. The molecule has 0 radical (unpaired) electrons. The van der Waals surface area contributed by atoms with E-state index >= 15 is 0 Å². The fraction of sp³-hybridized carbons (Fsp3) is 0.524. The van der Waals surface area contributed by atoms with Gasteiger partial charge in [0, 0.05) is 29.4 Å². The van der Waals surface area contributed by atoms with E-state index in [0.717, 1.165) is 29.1 Å². The molecule has 0 fully saturated rings. The molecule has 1 N–H and O–H groups in total. The van der Waals surface area contributed by atoms with Gasteiger partial charge in [-0.1, -0.05) is 43.6 Å². The summed E-state index contributed by atoms with van der Waals surface area (Å²) < 4.78 is 2.01. The van der Waals surface area contributed by atoms with Crippen molar-refractivity contribution in [3.05, 3.63) is 51.8 Å². The molecule has 0 aliphatic rings. The molecule has 1 aromatic heterocycles. The average molecular weight is 391 g/mol. The van der Waals surface area contributed by atoms with Gasteiger partial charge in [0.15, 0.2) is 0 Å². The van der Waals surface area contributed by atoms with Gasteiger partial charge in [0.1, 0.15) is 0 Å². The molecule has 1 atom stereocenters. The largest absolute Gasteiger partial charge is 0.354 e. The Morgan fingerprint density at radius 2 is 1.93 bits per heavy atom. The Labute approximate surface area is 167 Å². The van der Waals surface area contributed by atoms with Crippen molar-refractivity contribution in [3.63, 3.8) is 0 Å². The van der Waals surface area contributed by atoms with Crippen LogP contribution in [0.2, 0.25) is 5.02 Å². The molecule has 1 amide bonds. The number of halogens is 1. The Morgan fingerprint density at radius 3 is 2.52 bits per heavy atom. The van der Waals surface area contributed by atoms with Crippen molar-refractivity contribution >= 4 is 17.5 Å². The molecule has 0 saturated heterocycles. The number of nitrogens with zero attached hydrogens (tertiary/aromatic N) is 3. The normalized spacial score (nSPS) is 12.6. The van der Waals surface area contributed by atoms with Crippen LogP contribution in [0.3, 0.4) is 0 Å². The second-order valence-electron chi connectivity index (χ2n) is 7.71. The Bertz CT molecular complexity index is 782. The van der Waals surface area contributed by atoms with Gasteiger partial charge < -0.3 is 10.2 Å². The van der Waals surface area contributed by atoms with Gasteiger partial charge in [0.05, 0.1) is 18.2 Å². The van der Waals surface area contributed by atoms with Gasteiger partial charge in [0.25, 0.3) is 0 Å². The molecular formula is C21H31ClN4O. The monoisotopic (exact) mass is 390 g/mol. The zero-order valence-electron chi connectivity index (χ0n) is 17.2. The SMILES string of the molecule is Cc1nn(CC(C)C)c(C)c1CC(=O)NC[C@@H](c1ccccc1Cl)N(C)C.